The van der Waals surface area contributed by atoms with Gasteiger partial charge in [0.1, 0.15) is 5.75 Å². The zero-order chi connectivity index (χ0) is 13.4. The molecule has 0 unspecified atom stereocenters. The number of rotatable bonds is 7. The molecular weight excluding hydrogens is 254 g/mol. The van der Waals surface area contributed by atoms with E-state index in [4.69, 9.17) is 21.4 Å². The van der Waals surface area contributed by atoms with E-state index in [0.717, 1.165) is 6.42 Å². The molecule has 100 valence electrons. The molecule has 0 aliphatic heterocycles. The van der Waals surface area contributed by atoms with Crippen molar-refractivity contribution in [1.29, 1.82) is 0 Å². The fourth-order valence-corrected chi connectivity index (χ4v) is 1.61. The average molecular weight is 272 g/mol. The second-order valence-electron chi connectivity index (χ2n) is 3.87. The molecule has 0 saturated heterocycles. The third-order valence-corrected chi connectivity index (χ3v) is 2.53. The first-order chi connectivity index (χ1) is 8.67. The number of nitrogens with one attached hydrogen (secondary N) is 1. The van der Waals surface area contributed by atoms with Crippen LogP contribution >= 0.6 is 11.6 Å². The standard InChI is InChI=1S/C13H18ClNO3/c1-2-8-18-12-6-5-10(9-11(12)14)15-13(17)4-3-7-16/h5-6,9,16H,2-4,7-8H2,1H3,(H,15,17). The Balaban J connectivity index is 2.58. The lowest BCUT2D eigenvalue weighted by atomic mass is 10.2. The number of hydrogen-bond donors (Lipinski definition) is 2. The molecule has 0 radical (unpaired) electrons. The second kappa shape index (κ2) is 7.95. The van der Waals surface area contributed by atoms with Gasteiger partial charge in [0.2, 0.25) is 5.91 Å². The lowest BCUT2D eigenvalue weighted by molar-refractivity contribution is -0.116. The highest BCUT2D eigenvalue weighted by Crippen LogP contribution is 2.27. The number of carbonyl (C=O) groups excluding carboxylic acids is 1. The molecule has 1 amide bonds. The zero-order valence-electron chi connectivity index (χ0n) is 10.4. The minimum absolute atomic E-state index is 0.0119. The van der Waals surface area contributed by atoms with Gasteiger partial charge in [0.15, 0.2) is 0 Å². The second-order valence-corrected chi connectivity index (χ2v) is 4.28. The van der Waals surface area contributed by atoms with Gasteiger partial charge in [-0.3, -0.25) is 4.79 Å². The van der Waals surface area contributed by atoms with Gasteiger partial charge in [0.05, 0.1) is 11.6 Å². The van der Waals surface area contributed by atoms with Crippen LogP contribution in [-0.4, -0.2) is 24.2 Å². The molecule has 0 spiro atoms. The fraction of sp³-hybridized carbons (Fsp3) is 0.462. The van der Waals surface area contributed by atoms with E-state index in [1.54, 1.807) is 18.2 Å². The molecule has 0 saturated carbocycles. The largest absolute Gasteiger partial charge is 0.492 e. The van der Waals surface area contributed by atoms with Crippen LogP contribution in [0.2, 0.25) is 5.02 Å². The van der Waals surface area contributed by atoms with Crippen molar-refractivity contribution >= 4 is 23.2 Å². The van der Waals surface area contributed by atoms with Gasteiger partial charge in [0, 0.05) is 18.7 Å². The number of hydrogen-bond acceptors (Lipinski definition) is 3. The molecule has 4 nitrogen and oxygen atoms in total. The van der Waals surface area contributed by atoms with E-state index >= 15 is 0 Å². The number of ether oxygens (including phenoxy) is 1. The van der Waals surface area contributed by atoms with Crippen molar-refractivity contribution in [3.63, 3.8) is 0 Å². The van der Waals surface area contributed by atoms with Crippen molar-refractivity contribution in [2.24, 2.45) is 0 Å². The van der Waals surface area contributed by atoms with Crippen LogP contribution in [0.5, 0.6) is 5.75 Å². The highest BCUT2D eigenvalue weighted by atomic mass is 35.5. The first kappa shape index (κ1) is 14.8. The Labute approximate surface area is 112 Å². The molecule has 0 bridgehead atoms. The highest BCUT2D eigenvalue weighted by molar-refractivity contribution is 6.32. The molecule has 1 aromatic carbocycles. The summed E-state index contributed by atoms with van der Waals surface area (Å²) in [6, 6.07) is 5.14. The quantitative estimate of drug-likeness (QED) is 0.802. The summed E-state index contributed by atoms with van der Waals surface area (Å²) < 4.78 is 5.43. The minimum atomic E-state index is -0.137. The molecule has 0 atom stereocenters. The summed E-state index contributed by atoms with van der Waals surface area (Å²) in [5.41, 5.74) is 0.631. The van der Waals surface area contributed by atoms with Crippen LogP contribution in [-0.2, 0) is 4.79 Å². The summed E-state index contributed by atoms with van der Waals surface area (Å²) in [5.74, 6) is 0.481. The maximum absolute atomic E-state index is 11.4. The van der Waals surface area contributed by atoms with Gasteiger partial charge in [-0.15, -0.1) is 0 Å². The molecular formula is C13H18ClNO3. The molecule has 0 aliphatic carbocycles. The third kappa shape index (κ3) is 4.94. The lowest BCUT2D eigenvalue weighted by Gasteiger charge is -2.09. The zero-order valence-corrected chi connectivity index (χ0v) is 11.2. The number of anilines is 1. The monoisotopic (exact) mass is 271 g/mol. The van der Waals surface area contributed by atoms with E-state index in [0.29, 0.717) is 35.9 Å². The summed E-state index contributed by atoms with van der Waals surface area (Å²) in [5, 5.41) is 11.8. The van der Waals surface area contributed by atoms with Gasteiger partial charge in [-0.25, -0.2) is 0 Å². The van der Waals surface area contributed by atoms with Gasteiger partial charge < -0.3 is 15.2 Å². The van der Waals surface area contributed by atoms with Gasteiger partial charge in [-0.05, 0) is 31.0 Å². The molecule has 0 aliphatic rings. The van der Waals surface area contributed by atoms with Crippen molar-refractivity contribution in [2.45, 2.75) is 26.2 Å². The van der Waals surface area contributed by atoms with Crippen molar-refractivity contribution < 1.29 is 14.6 Å². The van der Waals surface area contributed by atoms with E-state index in [1.807, 2.05) is 6.92 Å². The summed E-state index contributed by atoms with van der Waals surface area (Å²) in [7, 11) is 0. The number of halogens is 1. The topological polar surface area (TPSA) is 58.6 Å². The molecule has 1 aromatic rings. The summed E-state index contributed by atoms with van der Waals surface area (Å²) in [6.45, 7) is 2.64. The number of aliphatic hydroxyl groups excluding tert-OH is 1. The summed E-state index contributed by atoms with van der Waals surface area (Å²) in [6.07, 6.45) is 1.66. The van der Waals surface area contributed by atoms with Crippen LogP contribution in [0.25, 0.3) is 0 Å². The Kier molecular flexibility index (Phi) is 6.54. The number of benzene rings is 1. The van der Waals surface area contributed by atoms with Gasteiger partial charge >= 0.3 is 0 Å². The molecule has 0 fully saturated rings. The van der Waals surface area contributed by atoms with Crippen molar-refractivity contribution in [2.75, 3.05) is 18.5 Å². The molecule has 0 heterocycles. The van der Waals surface area contributed by atoms with Crippen LogP contribution in [0.4, 0.5) is 5.69 Å². The normalized spacial score (nSPS) is 10.2. The average Bonchev–Trinajstić information content (AvgIpc) is 2.35. The number of aliphatic hydroxyl groups is 1. The van der Waals surface area contributed by atoms with E-state index < -0.39 is 0 Å². The number of carbonyl (C=O) groups is 1. The Morgan fingerprint density at radius 3 is 2.89 bits per heavy atom. The fourth-order valence-electron chi connectivity index (χ4n) is 1.37. The minimum Gasteiger partial charge on any atom is -0.492 e. The van der Waals surface area contributed by atoms with Crippen LogP contribution in [0, 0.1) is 0 Å². The van der Waals surface area contributed by atoms with Gasteiger partial charge in [-0.1, -0.05) is 18.5 Å². The van der Waals surface area contributed by atoms with Crippen LogP contribution in [0.1, 0.15) is 26.2 Å². The lowest BCUT2D eigenvalue weighted by Crippen LogP contribution is -2.11. The van der Waals surface area contributed by atoms with Gasteiger partial charge in [-0.2, -0.15) is 0 Å². The Bertz CT molecular complexity index is 396. The van der Waals surface area contributed by atoms with Crippen molar-refractivity contribution in [1.82, 2.24) is 0 Å². The smallest absolute Gasteiger partial charge is 0.224 e. The summed E-state index contributed by atoms with van der Waals surface area (Å²) in [4.78, 5) is 11.4. The SMILES string of the molecule is CCCOc1ccc(NC(=O)CCCO)cc1Cl. The van der Waals surface area contributed by atoms with E-state index in [2.05, 4.69) is 5.32 Å². The first-order valence-corrected chi connectivity index (χ1v) is 6.38. The predicted octanol–water partition coefficient (Wildman–Crippen LogP) is 2.84. The molecule has 2 N–H and O–H groups in total. The Morgan fingerprint density at radius 1 is 1.50 bits per heavy atom. The molecule has 0 aromatic heterocycles. The van der Waals surface area contributed by atoms with E-state index in [-0.39, 0.29) is 12.5 Å². The molecule has 1 rings (SSSR count). The van der Waals surface area contributed by atoms with Crippen LogP contribution in [0.15, 0.2) is 18.2 Å². The highest BCUT2D eigenvalue weighted by Gasteiger charge is 2.06. The van der Waals surface area contributed by atoms with E-state index in [9.17, 15) is 4.79 Å². The number of amides is 1. The maximum Gasteiger partial charge on any atom is 0.224 e. The Morgan fingerprint density at radius 2 is 2.28 bits per heavy atom. The molecule has 18 heavy (non-hydrogen) atoms. The summed E-state index contributed by atoms with van der Waals surface area (Å²) >= 11 is 6.04. The van der Waals surface area contributed by atoms with Crippen LogP contribution < -0.4 is 10.1 Å². The van der Waals surface area contributed by atoms with Crippen molar-refractivity contribution in [3.8, 4) is 5.75 Å². The van der Waals surface area contributed by atoms with Crippen molar-refractivity contribution in [3.05, 3.63) is 23.2 Å². The van der Waals surface area contributed by atoms with E-state index in [1.165, 1.54) is 0 Å². The predicted molar refractivity (Wildman–Crippen MR) is 72.2 cm³/mol. The Hall–Kier alpha value is -1.26. The first-order valence-electron chi connectivity index (χ1n) is 6.00. The third-order valence-electron chi connectivity index (χ3n) is 2.24. The maximum atomic E-state index is 11.4. The molecule has 5 heteroatoms. The van der Waals surface area contributed by atoms with Crippen LogP contribution in [0.3, 0.4) is 0 Å². The van der Waals surface area contributed by atoms with Gasteiger partial charge in [0.25, 0.3) is 0 Å².